The van der Waals surface area contributed by atoms with Gasteiger partial charge in [0.15, 0.2) is 5.78 Å². The Labute approximate surface area is 121 Å². The van der Waals surface area contributed by atoms with Crippen LogP contribution in [0.15, 0.2) is 24.3 Å². The average molecular weight is 275 g/mol. The number of nitrogens with zero attached hydrogens (tertiary/aromatic N) is 1. The van der Waals surface area contributed by atoms with E-state index in [0.29, 0.717) is 12.6 Å². The highest BCUT2D eigenvalue weighted by Gasteiger charge is 2.22. The van der Waals surface area contributed by atoms with Crippen LogP contribution >= 0.6 is 0 Å². The predicted octanol–water partition coefficient (Wildman–Crippen LogP) is 3.53. The molecule has 3 heteroatoms. The van der Waals surface area contributed by atoms with Crippen molar-refractivity contribution in [1.82, 2.24) is 4.90 Å². The Balaban J connectivity index is 2.00. The fourth-order valence-corrected chi connectivity index (χ4v) is 3.02. The van der Waals surface area contributed by atoms with Crippen molar-refractivity contribution in [2.24, 2.45) is 0 Å². The summed E-state index contributed by atoms with van der Waals surface area (Å²) in [5.41, 5.74) is 0.749. The predicted molar refractivity (Wildman–Crippen MR) is 81.4 cm³/mol. The lowest BCUT2D eigenvalue weighted by atomic mass is 9.94. The smallest absolute Gasteiger partial charge is 0.176 e. The van der Waals surface area contributed by atoms with Crippen molar-refractivity contribution < 1.29 is 9.53 Å². The SMILES string of the molecule is CCN(CC(=O)c1cccc(OC)c1)C1CCCCC1. The first-order valence-corrected chi connectivity index (χ1v) is 7.66. The largest absolute Gasteiger partial charge is 0.497 e. The van der Waals surface area contributed by atoms with Crippen LogP contribution in [0.2, 0.25) is 0 Å². The third-order valence-corrected chi connectivity index (χ3v) is 4.24. The summed E-state index contributed by atoms with van der Waals surface area (Å²) < 4.78 is 5.19. The molecule has 1 aromatic rings. The van der Waals surface area contributed by atoms with E-state index in [1.54, 1.807) is 7.11 Å². The zero-order chi connectivity index (χ0) is 14.4. The van der Waals surface area contributed by atoms with Gasteiger partial charge in [0.2, 0.25) is 0 Å². The highest BCUT2D eigenvalue weighted by molar-refractivity contribution is 5.97. The molecule has 1 aliphatic rings. The molecule has 110 valence electrons. The van der Waals surface area contributed by atoms with Crippen LogP contribution < -0.4 is 4.74 Å². The Morgan fingerprint density at radius 1 is 1.30 bits per heavy atom. The van der Waals surface area contributed by atoms with Gasteiger partial charge in [-0.15, -0.1) is 0 Å². The number of Topliss-reactive ketones (excluding diaryl/α,β-unsaturated/α-hetero) is 1. The van der Waals surface area contributed by atoms with Crippen LogP contribution in [-0.2, 0) is 0 Å². The lowest BCUT2D eigenvalue weighted by Crippen LogP contribution is -2.40. The fraction of sp³-hybridized carbons (Fsp3) is 0.588. The molecule has 0 aromatic heterocycles. The zero-order valence-electron chi connectivity index (χ0n) is 12.6. The van der Waals surface area contributed by atoms with Crippen molar-refractivity contribution in [3.8, 4) is 5.75 Å². The third kappa shape index (κ3) is 3.83. The molecule has 1 aliphatic carbocycles. The second-order valence-electron chi connectivity index (χ2n) is 5.51. The van der Waals surface area contributed by atoms with Gasteiger partial charge in [-0.05, 0) is 31.5 Å². The van der Waals surface area contributed by atoms with E-state index in [-0.39, 0.29) is 5.78 Å². The minimum Gasteiger partial charge on any atom is -0.497 e. The molecule has 1 saturated carbocycles. The molecule has 0 unspecified atom stereocenters. The Hall–Kier alpha value is -1.35. The minimum atomic E-state index is 0.191. The van der Waals surface area contributed by atoms with Crippen LogP contribution in [0.5, 0.6) is 5.75 Å². The van der Waals surface area contributed by atoms with Crippen LogP contribution in [0.4, 0.5) is 0 Å². The number of carbonyl (C=O) groups excluding carboxylic acids is 1. The van der Waals surface area contributed by atoms with Crippen molar-refractivity contribution in [3.05, 3.63) is 29.8 Å². The average Bonchev–Trinajstić information content (AvgIpc) is 2.53. The Morgan fingerprint density at radius 3 is 2.70 bits per heavy atom. The molecular formula is C17H25NO2. The lowest BCUT2D eigenvalue weighted by molar-refractivity contribution is 0.0868. The zero-order valence-corrected chi connectivity index (χ0v) is 12.6. The van der Waals surface area contributed by atoms with Gasteiger partial charge in [-0.3, -0.25) is 9.69 Å². The van der Waals surface area contributed by atoms with Crippen LogP contribution in [-0.4, -0.2) is 36.9 Å². The summed E-state index contributed by atoms with van der Waals surface area (Å²) in [5, 5.41) is 0. The van der Waals surface area contributed by atoms with E-state index in [2.05, 4.69) is 11.8 Å². The summed E-state index contributed by atoms with van der Waals surface area (Å²) in [4.78, 5) is 14.8. The van der Waals surface area contributed by atoms with E-state index in [0.717, 1.165) is 17.9 Å². The van der Waals surface area contributed by atoms with E-state index in [4.69, 9.17) is 4.74 Å². The first-order valence-electron chi connectivity index (χ1n) is 7.66. The number of rotatable bonds is 6. The molecule has 1 fully saturated rings. The van der Waals surface area contributed by atoms with Crippen molar-refractivity contribution in [3.63, 3.8) is 0 Å². The summed E-state index contributed by atoms with van der Waals surface area (Å²) in [6.07, 6.45) is 6.42. The summed E-state index contributed by atoms with van der Waals surface area (Å²) in [6, 6.07) is 8.04. The molecule has 20 heavy (non-hydrogen) atoms. The molecule has 0 saturated heterocycles. The Kier molecular flexibility index (Phi) is 5.60. The van der Waals surface area contributed by atoms with Gasteiger partial charge in [0.25, 0.3) is 0 Å². The normalized spacial score (nSPS) is 16.4. The molecule has 0 bridgehead atoms. The first kappa shape index (κ1) is 15.0. The number of ether oxygens (including phenoxy) is 1. The molecule has 3 nitrogen and oxygen atoms in total. The fourth-order valence-electron chi connectivity index (χ4n) is 3.02. The van der Waals surface area contributed by atoms with E-state index in [9.17, 15) is 4.79 Å². The highest BCUT2D eigenvalue weighted by atomic mass is 16.5. The Bertz CT molecular complexity index is 438. The maximum Gasteiger partial charge on any atom is 0.176 e. The Morgan fingerprint density at radius 2 is 2.05 bits per heavy atom. The summed E-state index contributed by atoms with van der Waals surface area (Å²) in [6.45, 7) is 3.61. The van der Waals surface area contributed by atoms with E-state index in [1.165, 1.54) is 32.1 Å². The maximum absolute atomic E-state index is 12.4. The quantitative estimate of drug-likeness (QED) is 0.744. The number of benzene rings is 1. The minimum absolute atomic E-state index is 0.191. The molecule has 0 N–H and O–H groups in total. The van der Waals surface area contributed by atoms with Gasteiger partial charge in [0, 0.05) is 11.6 Å². The molecule has 0 spiro atoms. The molecule has 0 radical (unpaired) electrons. The number of likely N-dealkylation sites (N-methyl/N-ethyl adjacent to an activating group) is 1. The highest BCUT2D eigenvalue weighted by Crippen LogP contribution is 2.23. The van der Waals surface area contributed by atoms with Crippen molar-refractivity contribution in [2.45, 2.75) is 45.1 Å². The maximum atomic E-state index is 12.4. The van der Waals surface area contributed by atoms with E-state index >= 15 is 0 Å². The van der Waals surface area contributed by atoms with Gasteiger partial charge in [-0.2, -0.15) is 0 Å². The molecular weight excluding hydrogens is 250 g/mol. The molecule has 1 aromatic carbocycles. The summed E-state index contributed by atoms with van der Waals surface area (Å²) in [7, 11) is 1.63. The van der Waals surface area contributed by atoms with Gasteiger partial charge < -0.3 is 4.74 Å². The molecule has 2 rings (SSSR count). The van der Waals surface area contributed by atoms with Crippen molar-refractivity contribution in [2.75, 3.05) is 20.2 Å². The topological polar surface area (TPSA) is 29.5 Å². The van der Waals surface area contributed by atoms with Crippen molar-refractivity contribution >= 4 is 5.78 Å². The molecule has 0 amide bonds. The van der Waals surface area contributed by atoms with Gasteiger partial charge in [0.1, 0.15) is 5.75 Å². The second kappa shape index (κ2) is 7.44. The van der Waals surface area contributed by atoms with Gasteiger partial charge >= 0.3 is 0 Å². The number of carbonyl (C=O) groups is 1. The lowest BCUT2D eigenvalue weighted by Gasteiger charge is -2.33. The number of ketones is 1. The van der Waals surface area contributed by atoms with Crippen LogP contribution in [0, 0.1) is 0 Å². The van der Waals surface area contributed by atoms with E-state index < -0.39 is 0 Å². The van der Waals surface area contributed by atoms with Gasteiger partial charge in [0.05, 0.1) is 13.7 Å². The van der Waals surface area contributed by atoms with Crippen LogP contribution in [0.1, 0.15) is 49.4 Å². The standard InChI is InChI=1S/C17H25NO2/c1-3-18(15-9-5-4-6-10-15)13-17(19)14-8-7-11-16(12-14)20-2/h7-8,11-12,15H,3-6,9-10,13H2,1-2H3. The van der Waals surface area contributed by atoms with Crippen LogP contribution in [0.25, 0.3) is 0 Å². The second-order valence-corrected chi connectivity index (χ2v) is 5.51. The molecule has 0 heterocycles. The van der Waals surface area contributed by atoms with Crippen molar-refractivity contribution in [1.29, 1.82) is 0 Å². The number of methoxy groups -OCH3 is 1. The summed E-state index contributed by atoms with van der Waals surface area (Å²) >= 11 is 0. The summed E-state index contributed by atoms with van der Waals surface area (Å²) in [5.74, 6) is 0.938. The molecule has 0 atom stereocenters. The monoisotopic (exact) mass is 275 g/mol. The third-order valence-electron chi connectivity index (χ3n) is 4.24. The number of hydrogen-bond donors (Lipinski definition) is 0. The number of hydrogen-bond acceptors (Lipinski definition) is 3. The van der Waals surface area contributed by atoms with Gasteiger partial charge in [-0.1, -0.05) is 38.3 Å². The first-order chi connectivity index (χ1) is 9.74. The van der Waals surface area contributed by atoms with Gasteiger partial charge in [-0.25, -0.2) is 0 Å². The molecule has 0 aliphatic heterocycles. The van der Waals surface area contributed by atoms with Crippen LogP contribution in [0.3, 0.4) is 0 Å². The van der Waals surface area contributed by atoms with E-state index in [1.807, 2.05) is 24.3 Å².